The highest BCUT2D eigenvalue weighted by Gasteiger charge is 2.14. The number of amides is 1. The average Bonchev–Trinajstić information content (AvgIpc) is 3.06. The Morgan fingerprint density at radius 2 is 2.20 bits per heavy atom. The zero-order valence-corrected chi connectivity index (χ0v) is 11.2. The van der Waals surface area contributed by atoms with Crippen molar-refractivity contribution in [3.05, 3.63) is 41.9 Å². The van der Waals surface area contributed by atoms with Gasteiger partial charge in [-0.15, -0.1) is 10.2 Å². The maximum Gasteiger partial charge on any atom is 0.278 e. The van der Waals surface area contributed by atoms with E-state index in [2.05, 4.69) is 25.7 Å². The van der Waals surface area contributed by atoms with E-state index in [1.54, 1.807) is 16.7 Å². The molecule has 2 N–H and O–H groups in total. The van der Waals surface area contributed by atoms with E-state index in [-0.39, 0.29) is 11.8 Å². The Morgan fingerprint density at radius 3 is 2.95 bits per heavy atom. The van der Waals surface area contributed by atoms with Gasteiger partial charge in [0.05, 0.1) is 0 Å². The predicted molar refractivity (Wildman–Crippen MR) is 73.6 cm³/mol. The highest BCUT2D eigenvalue weighted by Crippen LogP contribution is 2.13. The van der Waals surface area contributed by atoms with E-state index in [1.807, 2.05) is 32.0 Å². The van der Waals surface area contributed by atoms with E-state index in [9.17, 15) is 4.79 Å². The lowest BCUT2D eigenvalue weighted by atomic mass is 10.1. The molecule has 1 amide bonds. The Balaban J connectivity index is 1.85. The molecule has 3 aromatic heterocycles. The van der Waals surface area contributed by atoms with Crippen molar-refractivity contribution >= 4 is 17.5 Å². The molecule has 0 fully saturated rings. The van der Waals surface area contributed by atoms with Crippen LogP contribution in [0.1, 0.15) is 35.9 Å². The molecule has 0 spiro atoms. The third-order valence-electron chi connectivity index (χ3n) is 2.99. The highest BCUT2D eigenvalue weighted by molar-refractivity contribution is 6.02. The molecule has 7 nitrogen and oxygen atoms in total. The SMILES string of the molecule is CC(C)c1cc(C(=O)Nc2nnc3ccccn23)n[nH]1. The zero-order chi connectivity index (χ0) is 14.1. The molecule has 0 bridgehead atoms. The van der Waals surface area contributed by atoms with Crippen LogP contribution in [-0.4, -0.2) is 30.7 Å². The van der Waals surface area contributed by atoms with Gasteiger partial charge >= 0.3 is 0 Å². The lowest BCUT2D eigenvalue weighted by Crippen LogP contribution is -2.14. The standard InChI is InChI=1S/C13H14N6O/c1-8(2)9-7-10(16-15-9)12(20)14-13-18-17-11-5-3-4-6-19(11)13/h3-8H,1-2H3,(H,15,16)(H,14,18,20). The minimum atomic E-state index is -0.314. The topological polar surface area (TPSA) is 88.0 Å². The molecule has 0 saturated carbocycles. The van der Waals surface area contributed by atoms with Crippen molar-refractivity contribution in [3.8, 4) is 0 Å². The first kappa shape index (κ1) is 12.3. The summed E-state index contributed by atoms with van der Waals surface area (Å²) in [5.41, 5.74) is 1.93. The van der Waals surface area contributed by atoms with E-state index in [0.29, 0.717) is 17.3 Å². The van der Waals surface area contributed by atoms with Crippen LogP contribution in [0.15, 0.2) is 30.5 Å². The summed E-state index contributed by atoms with van der Waals surface area (Å²) in [6.45, 7) is 4.06. The molecule has 0 atom stereocenters. The number of anilines is 1. The number of pyridine rings is 1. The third kappa shape index (κ3) is 2.13. The predicted octanol–water partition coefficient (Wildman–Crippen LogP) is 1.83. The molecule has 0 radical (unpaired) electrons. The first-order chi connectivity index (χ1) is 9.65. The molecule has 0 aromatic carbocycles. The van der Waals surface area contributed by atoms with Crippen molar-refractivity contribution in [3.63, 3.8) is 0 Å². The van der Waals surface area contributed by atoms with Gasteiger partial charge in [0.1, 0.15) is 0 Å². The van der Waals surface area contributed by atoms with Crippen LogP contribution in [0.4, 0.5) is 5.95 Å². The molecule has 0 unspecified atom stereocenters. The number of nitrogens with zero attached hydrogens (tertiary/aromatic N) is 4. The van der Waals surface area contributed by atoms with Crippen LogP contribution in [0.2, 0.25) is 0 Å². The van der Waals surface area contributed by atoms with Crippen molar-refractivity contribution in [2.45, 2.75) is 19.8 Å². The zero-order valence-electron chi connectivity index (χ0n) is 11.2. The molecule has 0 saturated heterocycles. The molecular weight excluding hydrogens is 256 g/mol. The molecule has 0 aliphatic heterocycles. The lowest BCUT2D eigenvalue weighted by molar-refractivity contribution is 0.102. The van der Waals surface area contributed by atoms with Crippen molar-refractivity contribution in [1.82, 2.24) is 24.8 Å². The number of aromatic amines is 1. The van der Waals surface area contributed by atoms with Crippen LogP contribution in [0.25, 0.3) is 5.65 Å². The molecular formula is C13H14N6O. The summed E-state index contributed by atoms with van der Waals surface area (Å²) in [4.78, 5) is 12.1. The van der Waals surface area contributed by atoms with Gasteiger partial charge in [-0.1, -0.05) is 19.9 Å². The maximum atomic E-state index is 12.1. The van der Waals surface area contributed by atoms with Gasteiger partial charge in [0.2, 0.25) is 5.95 Å². The van der Waals surface area contributed by atoms with E-state index >= 15 is 0 Å². The number of aromatic nitrogens is 5. The van der Waals surface area contributed by atoms with Gasteiger partial charge in [0.15, 0.2) is 11.3 Å². The van der Waals surface area contributed by atoms with Crippen molar-refractivity contribution in [2.24, 2.45) is 0 Å². The van der Waals surface area contributed by atoms with Gasteiger partial charge in [-0.25, -0.2) is 0 Å². The number of nitrogens with one attached hydrogen (secondary N) is 2. The van der Waals surface area contributed by atoms with Gasteiger partial charge in [0.25, 0.3) is 5.91 Å². The lowest BCUT2D eigenvalue weighted by Gasteiger charge is -2.00. The van der Waals surface area contributed by atoms with Gasteiger partial charge in [-0.3, -0.25) is 19.6 Å². The van der Waals surface area contributed by atoms with Crippen LogP contribution >= 0.6 is 0 Å². The van der Waals surface area contributed by atoms with Crippen LogP contribution in [0, 0.1) is 0 Å². The van der Waals surface area contributed by atoms with E-state index < -0.39 is 0 Å². The molecule has 102 valence electrons. The van der Waals surface area contributed by atoms with Crippen molar-refractivity contribution < 1.29 is 4.79 Å². The Kier molecular flexibility index (Phi) is 2.94. The fourth-order valence-corrected chi connectivity index (χ4v) is 1.84. The van der Waals surface area contributed by atoms with Crippen LogP contribution in [0.3, 0.4) is 0 Å². The Bertz CT molecular complexity index is 757. The first-order valence-corrected chi connectivity index (χ1v) is 6.31. The van der Waals surface area contributed by atoms with Crippen LogP contribution in [-0.2, 0) is 0 Å². The van der Waals surface area contributed by atoms with E-state index in [4.69, 9.17) is 0 Å². The second-order valence-corrected chi connectivity index (χ2v) is 4.77. The first-order valence-electron chi connectivity index (χ1n) is 6.31. The fraction of sp³-hybridized carbons (Fsp3) is 0.231. The maximum absolute atomic E-state index is 12.1. The number of fused-ring (bicyclic) bond motifs is 1. The molecule has 3 heterocycles. The van der Waals surface area contributed by atoms with Gasteiger partial charge in [-0.05, 0) is 24.1 Å². The molecule has 3 aromatic rings. The largest absolute Gasteiger partial charge is 0.289 e. The Labute approximate surface area is 115 Å². The summed E-state index contributed by atoms with van der Waals surface area (Å²) in [7, 11) is 0. The highest BCUT2D eigenvalue weighted by atomic mass is 16.2. The quantitative estimate of drug-likeness (QED) is 0.760. The van der Waals surface area contributed by atoms with E-state index in [1.165, 1.54) is 0 Å². The summed E-state index contributed by atoms with van der Waals surface area (Å²) < 4.78 is 1.70. The number of carbonyl (C=O) groups excluding carboxylic acids is 1. The van der Waals surface area contributed by atoms with Gasteiger partial charge < -0.3 is 0 Å². The Hall–Kier alpha value is -2.70. The summed E-state index contributed by atoms with van der Waals surface area (Å²) in [6, 6.07) is 7.26. The minimum Gasteiger partial charge on any atom is -0.289 e. The number of H-pyrrole nitrogens is 1. The third-order valence-corrected chi connectivity index (χ3v) is 2.99. The average molecular weight is 270 g/mol. The monoisotopic (exact) mass is 270 g/mol. The molecule has 20 heavy (non-hydrogen) atoms. The van der Waals surface area contributed by atoms with E-state index in [0.717, 1.165) is 5.69 Å². The fourth-order valence-electron chi connectivity index (χ4n) is 1.84. The minimum absolute atomic E-state index is 0.290. The second kappa shape index (κ2) is 4.76. The van der Waals surface area contributed by atoms with Crippen molar-refractivity contribution in [1.29, 1.82) is 0 Å². The summed E-state index contributed by atoms with van der Waals surface area (Å²) in [6.07, 6.45) is 1.79. The van der Waals surface area contributed by atoms with Crippen LogP contribution < -0.4 is 5.32 Å². The molecule has 7 heteroatoms. The second-order valence-electron chi connectivity index (χ2n) is 4.77. The number of hydrogen-bond donors (Lipinski definition) is 2. The summed E-state index contributed by atoms with van der Waals surface area (Å²) in [5.74, 6) is 0.351. The smallest absolute Gasteiger partial charge is 0.278 e. The summed E-state index contributed by atoms with van der Waals surface area (Å²) >= 11 is 0. The molecule has 3 rings (SSSR count). The summed E-state index contributed by atoms with van der Waals surface area (Å²) in [5, 5.41) is 17.5. The molecule has 0 aliphatic rings. The van der Waals surface area contributed by atoms with Crippen LogP contribution in [0.5, 0.6) is 0 Å². The molecule has 0 aliphatic carbocycles. The number of carbonyl (C=O) groups is 1. The van der Waals surface area contributed by atoms with Gasteiger partial charge in [0, 0.05) is 11.9 Å². The number of rotatable bonds is 3. The number of hydrogen-bond acceptors (Lipinski definition) is 4. The van der Waals surface area contributed by atoms with Gasteiger partial charge in [-0.2, -0.15) is 5.10 Å². The van der Waals surface area contributed by atoms with Crippen molar-refractivity contribution in [2.75, 3.05) is 5.32 Å². The normalized spacial score (nSPS) is 11.2. The Morgan fingerprint density at radius 1 is 1.35 bits per heavy atom.